The highest BCUT2D eigenvalue weighted by atomic mass is 16.2. The second-order valence-electron chi connectivity index (χ2n) is 7.75. The Bertz CT molecular complexity index is 1070. The molecule has 3 amide bonds. The van der Waals surface area contributed by atoms with Crippen LogP contribution in [0.3, 0.4) is 0 Å². The highest BCUT2D eigenvalue weighted by Gasteiger charge is 2.54. The van der Waals surface area contributed by atoms with Gasteiger partial charge in [0.15, 0.2) is 0 Å². The molecule has 4 rings (SSSR count). The van der Waals surface area contributed by atoms with E-state index in [-0.39, 0.29) is 30.2 Å². The molecular formula is C24H21N3O3. The largest absolute Gasteiger partial charge is 0.326 e. The zero-order valence-electron chi connectivity index (χ0n) is 16.5. The van der Waals surface area contributed by atoms with Gasteiger partial charge in [0.1, 0.15) is 0 Å². The first-order chi connectivity index (χ1) is 14.5. The van der Waals surface area contributed by atoms with Crippen molar-refractivity contribution in [2.45, 2.75) is 13.5 Å². The van der Waals surface area contributed by atoms with Crippen LogP contribution >= 0.6 is 0 Å². The molecule has 4 atom stereocenters. The second kappa shape index (κ2) is 7.96. The van der Waals surface area contributed by atoms with E-state index in [0.29, 0.717) is 11.3 Å². The number of benzene rings is 2. The van der Waals surface area contributed by atoms with Gasteiger partial charge < -0.3 is 5.32 Å². The molecule has 1 aliphatic heterocycles. The van der Waals surface area contributed by atoms with Gasteiger partial charge in [-0.15, -0.1) is 0 Å². The van der Waals surface area contributed by atoms with Crippen LogP contribution in [0.15, 0.2) is 66.7 Å². The van der Waals surface area contributed by atoms with Gasteiger partial charge in [-0.25, -0.2) is 0 Å². The molecule has 4 unspecified atom stereocenters. The molecule has 6 nitrogen and oxygen atoms in total. The van der Waals surface area contributed by atoms with E-state index >= 15 is 0 Å². The van der Waals surface area contributed by atoms with Crippen LogP contribution in [0.1, 0.15) is 18.1 Å². The van der Waals surface area contributed by atoms with Gasteiger partial charge in [0.05, 0.1) is 35.9 Å². The average molecular weight is 399 g/mol. The first-order valence-electron chi connectivity index (χ1n) is 9.88. The third-order valence-electron chi connectivity index (χ3n) is 5.81. The Kier molecular flexibility index (Phi) is 5.20. The van der Waals surface area contributed by atoms with Crippen LogP contribution in [0.4, 0.5) is 5.69 Å². The first-order valence-corrected chi connectivity index (χ1v) is 9.88. The van der Waals surface area contributed by atoms with Crippen molar-refractivity contribution in [3.05, 3.63) is 77.9 Å². The summed E-state index contributed by atoms with van der Waals surface area (Å²) in [6.07, 6.45) is 3.61. The SMILES string of the molecule is CC1C=CC2C(=O)N(Cc3ccccc3)C(=O)C2C1C(=O)Nc1cccc(C#N)c1. The smallest absolute Gasteiger partial charge is 0.237 e. The molecule has 1 aliphatic carbocycles. The fourth-order valence-corrected chi connectivity index (χ4v) is 4.31. The van der Waals surface area contributed by atoms with Crippen LogP contribution in [0.25, 0.3) is 0 Å². The van der Waals surface area contributed by atoms with Crippen molar-refractivity contribution < 1.29 is 14.4 Å². The number of fused-ring (bicyclic) bond motifs is 1. The molecule has 150 valence electrons. The Labute approximate surface area is 174 Å². The molecule has 2 aromatic rings. The maximum Gasteiger partial charge on any atom is 0.237 e. The Morgan fingerprint density at radius 3 is 2.57 bits per heavy atom. The van der Waals surface area contributed by atoms with Crippen molar-refractivity contribution >= 4 is 23.4 Å². The minimum atomic E-state index is -0.722. The van der Waals surface area contributed by atoms with Gasteiger partial charge in [0, 0.05) is 5.69 Å². The van der Waals surface area contributed by atoms with Crippen molar-refractivity contribution in [2.24, 2.45) is 23.7 Å². The zero-order chi connectivity index (χ0) is 21.3. The van der Waals surface area contributed by atoms with Crippen LogP contribution < -0.4 is 5.32 Å². The standard InChI is InChI=1S/C24H21N3O3/c1-15-10-11-19-21(20(15)22(28)26-18-9-5-8-17(12-18)13-25)24(30)27(23(19)29)14-16-6-3-2-4-7-16/h2-12,15,19-21H,14H2,1H3,(H,26,28). The van der Waals surface area contributed by atoms with E-state index in [0.717, 1.165) is 5.56 Å². The number of hydrogen-bond donors (Lipinski definition) is 1. The molecule has 1 N–H and O–H groups in total. The summed E-state index contributed by atoms with van der Waals surface area (Å²) >= 11 is 0. The number of nitriles is 1. The summed E-state index contributed by atoms with van der Waals surface area (Å²) in [6.45, 7) is 2.08. The minimum absolute atomic E-state index is 0.196. The molecule has 1 saturated heterocycles. The molecule has 2 aromatic carbocycles. The van der Waals surface area contributed by atoms with Crippen LogP contribution in [-0.4, -0.2) is 22.6 Å². The van der Waals surface area contributed by atoms with Gasteiger partial charge in [-0.3, -0.25) is 19.3 Å². The third-order valence-corrected chi connectivity index (χ3v) is 5.81. The summed E-state index contributed by atoms with van der Waals surface area (Å²) in [7, 11) is 0. The number of imide groups is 1. The van der Waals surface area contributed by atoms with Gasteiger partial charge in [0.25, 0.3) is 0 Å². The van der Waals surface area contributed by atoms with Gasteiger partial charge in [-0.1, -0.05) is 55.5 Å². The molecule has 6 heteroatoms. The lowest BCUT2D eigenvalue weighted by Gasteiger charge is -2.30. The summed E-state index contributed by atoms with van der Waals surface area (Å²) in [4.78, 5) is 40.6. The van der Waals surface area contributed by atoms with E-state index in [9.17, 15) is 14.4 Å². The Morgan fingerprint density at radius 1 is 1.07 bits per heavy atom. The van der Waals surface area contributed by atoms with Gasteiger partial charge in [0.2, 0.25) is 17.7 Å². The third kappa shape index (κ3) is 3.50. The monoisotopic (exact) mass is 399 g/mol. The predicted octanol–water partition coefficient (Wildman–Crippen LogP) is 3.12. The number of likely N-dealkylation sites (tertiary alicyclic amines) is 1. The van der Waals surface area contributed by atoms with Crippen LogP contribution in [0, 0.1) is 35.0 Å². The zero-order valence-corrected chi connectivity index (χ0v) is 16.5. The van der Waals surface area contributed by atoms with Crippen molar-refractivity contribution in [3.63, 3.8) is 0 Å². The molecule has 1 heterocycles. The van der Waals surface area contributed by atoms with E-state index in [4.69, 9.17) is 5.26 Å². The number of hydrogen-bond acceptors (Lipinski definition) is 4. The van der Waals surface area contributed by atoms with Gasteiger partial charge >= 0.3 is 0 Å². The van der Waals surface area contributed by atoms with E-state index in [1.165, 1.54) is 4.90 Å². The van der Waals surface area contributed by atoms with E-state index in [2.05, 4.69) is 5.32 Å². The fraction of sp³-hybridized carbons (Fsp3) is 0.250. The van der Waals surface area contributed by atoms with Crippen LogP contribution in [0.2, 0.25) is 0 Å². The van der Waals surface area contributed by atoms with Gasteiger partial charge in [-0.2, -0.15) is 5.26 Å². The molecule has 30 heavy (non-hydrogen) atoms. The summed E-state index contributed by atoms with van der Waals surface area (Å²) < 4.78 is 0. The number of carbonyl (C=O) groups excluding carboxylic acids is 3. The van der Waals surface area contributed by atoms with Crippen molar-refractivity contribution in [1.82, 2.24) is 4.90 Å². The van der Waals surface area contributed by atoms with Gasteiger partial charge in [-0.05, 0) is 29.7 Å². The molecule has 0 bridgehead atoms. The fourth-order valence-electron chi connectivity index (χ4n) is 4.31. The number of nitrogens with zero attached hydrogens (tertiary/aromatic N) is 2. The molecule has 0 saturated carbocycles. The molecule has 1 fully saturated rings. The minimum Gasteiger partial charge on any atom is -0.326 e. The maximum atomic E-state index is 13.2. The molecule has 0 spiro atoms. The lowest BCUT2D eigenvalue weighted by atomic mass is 9.71. The Hall–Kier alpha value is -3.72. The Balaban J connectivity index is 1.59. The van der Waals surface area contributed by atoms with E-state index < -0.39 is 17.8 Å². The molecular weight excluding hydrogens is 378 g/mol. The normalized spacial score (nSPS) is 25.0. The molecule has 2 aliphatic rings. The maximum absolute atomic E-state index is 13.2. The highest BCUT2D eigenvalue weighted by molar-refractivity contribution is 6.09. The lowest BCUT2D eigenvalue weighted by molar-refractivity contribution is -0.142. The number of anilines is 1. The summed E-state index contributed by atoms with van der Waals surface area (Å²) in [5, 5.41) is 11.9. The summed E-state index contributed by atoms with van der Waals surface area (Å²) in [5.74, 6) is -3.10. The number of carbonyl (C=O) groups is 3. The second-order valence-corrected chi connectivity index (χ2v) is 7.75. The Morgan fingerprint density at radius 2 is 1.83 bits per heavy atom. The van der Waals surface area contributed by atoms with Crippen molar-refractivity contribution in [3.8, 4) is 6.07 Å². The topological polar surface area (TPSA) is 90.3 Å². The van der Waals surface area contributed by atoms with Crippen LogP contribution in [-0.2, 0) is 20.9 Å². The predicted molar refractivity (Wildman–Crippen MR) is 111 cm³/mol. The number of nitrogens with one attached hydrogen (secondary N) is 1. The van der Waals surface area contributed by atoms with E-state index in [1.807, 2.05) is 49.4 Å². The van der Waals surface area contributed by atoms with Crippen molar-refractivity contribution in [2.75, 3.05) is 5.32 Å². The first kappa shape index (κ1) is 19.6. The summed E-state index contributed by atoms with van der Waals surface area (Å²) in [5.41, 5.74) is 1.79. The molecule has 0 radical (unpaired) electrons. The number of amides is 3. The number of allylic oxidation sites excluding steroid dienone is 1. The lowest BCUT2D eigenvalue weighted by Crippen LogP contribution is -2.41. The average Bonchev–Trinajstić information content (AvgIpc) is 2.99. The van der Waals surface area contributed by atoms with E-state index in [1.54, 1.807) is 30.3 Å². The van der Waals surface area contributed by atoms with Crippen LogP contribution in [0.5, 0.6) is 0 Å². The quantitative estimate of drug-likeness (QED) is 0.632. The van der Waals surface area contributed by atoms with Crippen molar-refractivity contribution in [1.29, 1.82) is 5.26 Å². The molecule has 0 aromatic heterocycles. The number of rotatable bonds is 4. The highest BCUT2D eigenvalue weighted by Crippen LogP contribution is 2.42. The summed E-state index contributed by atoms with van der Waals surface area (Å²) in [6, 6.07) is 18.0.